The number of fused-ring (bicyclic) bond motifs is 1. The Hall–Kier alpha value is -0.850. The first-order valence-corrected chi connectivity index (χ1v) is 9.29. The van der Waals surface area contributed by atoms with Gasteiger partial charge in [-0.3, -0.25) is 0 Å². The number of alkyl halides is 1. The molecule has 116 valence electrons. The molecule has 2 aromatic rings. The number of nitrogens with zero attached hydrogens (tertiary/aromatic N) is 2. The lowest BCUT2D eigenvalue weighted by molar-refractivity contribution is 0.556. The van der Waals surface area contributed by atoms with E-state index < -0.39 is 15.7 Å². The maximum atomic E-state index is 13.7. The van der Waals surface area contributed by atoms with Crippen molar-refractivity contribution in [2.45, 2.75) is 19.4 Å². The normalized spacial score (nSPS) is 13.8. The zero-order chi connectivity index (χ0) is 15.8. The summed E-state index contributed by atoms with van der Waals surface area (Å²) in [4.78, 5) is 4.39. The zero-order valence-electron chi connectivity index (χ0n) is 11.6. The number of aromatic nitrogens is 2. The van der Waals surface area contributed by atoms with E-state index in [1.54, 1.807) is 11.5 Å². The molecule has 1 heterocycles. The second-order valence-corrected chi connectivity index (χ2v) is 8.00. The number of sulfone groups is 1. The van der Waals surface area contributed by atoms with Gasteiger partial charge in [0.15, 0.2) is 0 Å². The van der Waals surface area contributed by atoms with E-state index in [1.165, 1.54) is 18.4 Å². The lowest BCUT2D eigenvalue weighted by Gasteiger charge is -2.16. The van der Waals surface area contributed by atoms with E-state index in [0.29, 0.717) is 29.2 Å². The van der Waals surface area contributed by atoms with Crippen molar-refractivity contribution in [2.24, 2.45) is 0 Å². The fraction of sp³-hybridized carbons (Fsp3) is 0.462. The summed E-state index contributed by atoms with van der Waals surface area (Å²) in [6.07, 6.45) is 1.63. The van der Waals surface area contributed by atoms with Gasteiger partial charge in [-0.05, 0) is 13.0 Å². The standard InChI is InChI=1S/C13H15Cl2FN2O2S/c1-8(7-21(2,19)20)18-12-6-10(16)9(15)5-11(12)17-13(18)3-4-14/h5-6,8H,3-4,7H2,1-2H3. The van der Waals surface area contributed by atoms with Crippen molar-refractivity contribution in [3.8, 4) is 0 Å². The minimum atomic E-state index is -3.17. The summed E-state index contributed by atoms with van der Waals surface area (Å²) in [7, 11) is -3.17. The lowest BCUT2D eigenvalue weighted by Crippen LogP contribution is -2.18. The Morgan fingerprint density at radius 1 is 1.43 bits per heavy atom. The van der Waals surface area contributed by atoms with Crippen molar-refractivity contribution in [3.63, 3.8) is 0 Å². The average Bonchev–Trinajstić information content (AvgIpc) is 2.65. The van der Waals surface area contributed by atoms with Crippen molar-refractivity contribution in [1.29, 1.82) is 0 Å². The Labute approximate surface area is 132 Å². The van der Waals surface area contributed by atoms with E-state index >= 15 is 0 Å². The van der Waals surface area contributed by atoms with Gasteiger partial charge in [0.2, 0.25) is 0 Å². The van der Waals surface area contributed by atoms with Crippen LogP contribution in [0.1, 0.15) is 18.8 Å². The lowest BCUT2D eigenvalue weighted by atomic mass is 10.2. The molecule has 0 fully saturated rings. The van der Waals surface area contributed by atoms with Crippen LogP contribution in [0.3, 0.4) is 0 Å². The molecule has 0 spiro atoms. The Bertz CT molecular complexity index is 774. The first-order chi connectivity index (χ1) is 9.73. The van der Waals surface area contributed by atoms with Crippen molar-refractivity contribution in [3.05, 3.63) is 28.8 Å². The number of imidazole rings is 1. The molecular formula is C13H15Cl2FN2O2S. The molecule has 1 atom stereocenters. The molecular weight excluding hydrogens is 338 g/mol. The van der Waals surface area contributed by atoms with Crippen LogP contribution in [0.2, 0.25) is 5.02 Å². The molecule has 1 unspecified atom stereocenters. The van der Waals surface area contributed by atoms with Crippen molar-refractivity contribution in [1.82, 2.24) is 9.55 Å². The second-order valence-electron chi connectivity index (χ2n) is 5.03. The molecule has 0 amide bonds. The molecule has 0 radical (unpaired) electrons. The van der Waals surface area contributed by atoms with Crippen LogP contribution in [0, 0.1) is 5.82 Å². The third-order valence-corrected chi connectivity index (χ3v) is 4.67. The van der Waals surface area contributed by atoms with Crippen molar-refractivity contribution in [2.75, 3.05) is 17.9 Å². The van der Waals surface area contributed by atoms with Gasteiger partial charge in [-0.1, -0.05) is 11.6 Å². The molecule has 21 heavy (non-hydrogen) atoms. The Kier molecular flexibility index (Phi) is 4.80. The number of halogens is 3. The minimum Gasteiger partial charge on any atom is -0.324 e. The molecule has 8 heteroatoms. The van der Waals surface area contributed by atoms with Gasteiger partial charge in [0.05, 0.1) is 21.8 Å². The fourth-order valence-corrected chi connectivity index (χ4v) is 3.76. The maximum Gasteiger partial charge on any atom is 0.149 e. The van der Waals surface area contributed by atoms with Gasteiger partial charge >= 0.3 is 0 Å². The molecule has 0 aliphatic heterocycles. The highest BCUT2D eigenvalue weighted by molar-refractivity contribution is 7.90. The predicted octanol–water partition coefficient (Wildman–Crippen LogP) is 3.22. The molecule has 0 saturated carbocycles. The molecule has 0 aliphatic rings. The van der Waals surface area contributed by atoms with Crippen molar-refractivity contribution >= 4 is 44.1 Å². The highest BCUT2D eigenvalue weighted by Crippen LogP contribution is 2.27. The Morgan fingerprint density at radius 3 is 2.67 bits per heavy atom. The van der Waals surface area contributed by atoms with Gasteiger partial charge in [0.1, 0.15) is 21.5 Å². The van der Waals surface area contributed by atoms with Crippen LogP contribution >= 0.6 is 23.2 Å². The molecule has 0 saturated heterocycles. The van der Waals surface area contributed by atoms with Crippen LogP contribution in [0.25, 0.3) is 11.0 Å². The molecule has 2 rings (SSSR count). The van der Waals surface area contributed by atoms with E-state index in [4.69, 9.17) is 23.2 Å². The zero-order valence-corrected chi connectivity index (χ0v) is 13.9. The SMILES string of the molecule is CC(CS(C)(=O)=O)n1c(CCCl)nc2cc(Cl)c(F)cc21. The summed E-state index contributed by atoms with van der Waals surface area (Å²) in [5.41, 5.74) is 1.05. The Balaban J connectivity index is 2.62. The first-order valence-electron chi connectivity index (χ1n) is 6.32. The van der Waals surface area contributed by atoms with Crippen LogP contribution in [0.4, 0.5) is 4.39 Å². The van der Waals surface area contributed by atoms with Gasteiger partial charge < -0.3 is 4.57 Å². The monoisotopic (exact) mass is 352 g/mol. The van der Waals surface area contributed by atoms with E-state index in [9.17, 15) is 12.8 Å². The van der Waals surface area contributed by atoms with Gasteiger partial charge in [-0.25, -0.2) is 17.8 Å². The van der Waals surface area contributed by atoms with Crippen LogP contribution in [-0.4, -0.2) is 35.9 Å². The molecule has 0 aliphatic carbocycles. The highest BCUT2D eigenvalue weighted by atomic mass is 35.5. The Morgan fingerprint density at radius 2 is 2.10 bits per heavy atom. The van der Waals surface area contributed by atoms with Crippen LogP contribution in [0.5, 0.6) is 0 Å². The van der Waals surface area contributed by atoms with Crippen LogP contribution < -0.4 is 0 Å². The van der Waals surface area contributed by atoms with Gasteiger partial charge in [0, 0.05) is 30.7 Å². The second kappa shape index (κ2) is 6.10. The van der Waals surface area contributed by atoms with E-state index in [2.05, 4.69) is 4.98 Å². The number of benzene rings is 1. The van der Waals surface area contributed by atoms with Gasteiger partial charge in [-0.15, -0.1) is 11.6 Å². The predicted molar refractivity (Wildman–Crippen MR) is 83.5 cm³/mol. The minimum absolute atomic E-state index is 0.0136. The summed E-state index contributed by atoms with van der Waals surface area (Å²) < 4.78 is 38.4. The van der Waals surface area contributed by atoms with Gasteiger partial charge in [0.25, 0.3) is 0 Å². The number of rotatable bonds is 5. The topological polar surface area (TPSA) is 52.0 Å². The number of hydrogen-bond donors (Lipinski definition) is 0. The molecule has 4 nitrogen and oxygen atoms in total. The summed E-state index contributed by atoms with van der Waals surface area (Å²) in [5.74, 6) is 0.343. The molecule has 1 aromatic carbocycles. The molecule has 1 aromatic heterocycles. The molecule has 0 bridgehead atoms. The smallest absolute Gasteiger partial charge is 0.149 e. The maximum absolute atomic E-state index is 13.7. The number of aryl methyl sites for hydroxylation is 1. The summed E-state index contributed by atoms with van der Waals surface area (Å²) in [5, 5.41) is -0.0136. The van der Waals surface area contributed by atoms with E-state index in [1.807, 2.05) is 0 Å². The molecule has 0 N–H and O–H groups in total. The number of hydrogen-bond acceptors (Lipinski definition) is 3. The quantitative estimate of drug-likeness (QED) is 0.776. The summed E-state index contributed by atoms with van der Waals surface area (Å²) >= 11 is 11.5. The van der Waals surface area contributed by atoms with Crippen LogP contribution in [-0.2, 0) is 16.3 Å². The summed E-state index contributed by atoms with van der Waals surface area (Å²) in [6.45, 7) is 1.76. The summed E-state index contributed by atoms with van der Waals surface area (Å²) in [6, 6.07) is 2.35. The first kappa shape index (κ1) is 16.5. The van der Waals surface area contributed by atoms with Crippen molar-refractivity contribution < 1.29 is 12.8 Å². The van der Waals surface area contributed by atoms with E-state index in [0.717, 1.165) is 0 Å². The third kappa shape index (κ3) is 3.67. The largest absolute Gasteiger partial charge is 0.324 e. The van der Waals surface area contributed by atoms with Gasteiger partial charge in [-0.2, -0.15) is 0 Å². The van der Waals surface area contributed by atoms with Crippen LogP contribution in [0.15, 0.2) is 12.1 Å². The fourth-order valence-electron chi connectivity index (χ4n) is 2.41. The third-order valence-electron chi connectivity index (χ3n) is 3.11. The highest BCUT2D eigenvalue weighted by Gasteiger charge is 2.20. The average molecular weight is 353 g/mol. The van der Waals surface area contributed by atoms with E-state index in [-0.39, 0.29) is 16.8 Å².